The number of ether oxygens (including phenoxy) is 1. The fraction of sp³-hybridized carbons (Fsp3) is 0.250. The molecule has 0 aliphatic rings. The number of carbonyl (C=O) groups is 1. The highest BCUT2D eigenvalue weighted by molar-refractivity contribution is 7.99. The molecular weight excluding hydrogens is 283 g/mol. The Labute approximate surface area is 119 Å². The van der Waals surface area contributed by atoms with E-state index in [1.54, 1.807) is 12.1 Å². The third kappa shape index (κ3) is 4.23. The number of benzene rings is 1. The molecule has 1 amide bonds. The van der Waals surface area contributed by atoms with Crippen molar-refractivity contribution in [1.29, 1.82) is 0 Å². The molecule has 0 saturated carbocycles. The first kappa shape index (κ1) is 14.3. The topological polar surface area (TPSA) is 79.9 Å². The summed E-state index contributed by atoms with van der Waals surface area (Å²) in [6, 6.07) is 6.31. The lowest BCUT2D eigenvalue weighted by molar-refractivity contribution is -0.115. The number of nitrogens with zero attached hydrogens (tertiary/aromatic N) is 2. The monoisotopic (exact) mass is 296 g/mol. The second kappa shape index (κ2) is 6.90. The first-order valence-electron chi connectivity index (χ1n) is 5.82. The van der Waals surface area contributed by atoms with Crippen molar-refractivity contribution >= 4 is 23.6 Å². The zero-order valence-corrected chi connectivity index (χ0v) is 11.5. The summed E-state index contributed by atoms with van der Waals surface area (Å²) in [7, 11) is 1.44. The van der Waals surface area contributed by atoms with E-state index in [4.69, 9.17) is 4.74 Å². The van der Waals surface area contributed by atoms with Crippen LogP contribution in [-0.4, -0.2) is 34.0 Å². The fourth-order valence-corrected chi connectivity index (χ4v) is 2.23. The predicted molar refractivity (Wildman–Crippen MR) is 73.3 cm³/mol. The van der Waals surface area contributed by atoms with Gasteiger partial charge in [0.1, 0.15) is 5.82 Å². The number of amides is 1. The van der Waals surface area contributed by atoms with Crippen molar-refractivity contribution in [2.24, 2.45) is 0 Å². The Morgan fingerprint density at radius 2 is 2.20 bits per heavy atom. The smallest absolute Gasteiger partial charge is 0.336 e. The van der Waals surface area contributed by atoms with E-state index in [-0.39, 0.29) is 23.7 Å². The standard InChI is InChI=1S/C12H13FN4O2S/c1-19-12-15-11(16-17-12)14-10(18)6-7-20-9-4-2-8(13)3-5-9/h2-5H,6-7H2,1H3,(H2,14,15,16,17,18). The Bertz CT molecular complexity index is 573. The van der Waals surface area contributed by atoms with Crippen molar-refractivity contribution in [1.82, 2.24) is 15.2 Å². The van der Waals surface area contributed by atoms with E-state index >= 15 is 0 Å². The summed E-state index contributed by atoms with van der Waals surface area (Å²) in [6.07, 6.45) is 0.311. The van der Waals surface area contributed by atoms with E-state index in [1.807, 2.05) is 0 Å². The van der Waals surface area contributed by atoms with E-state index < -0.39 is 0 Å². The average molecular weight is 296 g/mol. The number of anilines is 1. The van der Waals surface area contributed by atoms with Gasteiger partial charge in [-0.15, -0.1) is 16.9 Å². The van der Waals surface area contributed by atoms with Gasteiger partial charge in [-0.25, -0.2) is 9.49 Å². The maximum atomic E-state index is 12.7. The minimum absolute atomic E-state index is 0.168. The van der Waals surface area contributed by atoms with Crippen molar-refractivity contribution in [3.63, 3.8) is 0 Å². The summed E-state index contributed by atoms with van der Waals surface area (Å²) >= 11 is 1.48. The average Bonchev–Trinajstić information content (AvgIpc) is 2.88. The number of aromatic amines is 1. The van der Waals surface area contributed by atoms with Crippen molar-refractivity contribution in [3.05, 3.63) is 30.1 Å². The number of hydrogen-bond donors (Lipinski definition) is 2. The molecule has 8 heteroatoms. The van der Waals surface area contributed by atoms with Crippen LogP contribution in [-0.2, 0) is 4.79 Å². The molecule has 0 unspecified atom stereocenters. The van der Waals surface area contributed by atoms with Gasteiger partial charge >= 0.3 is 6.01 Å². The number of halogens is 1. The first-order chi connectivity index (χ1) is 9.67. The van der Waals surface area contributed by atoms with Gasteiger partial charge in [-0.05, 0) is 24.3 Å². The second-order valence-corrected chi connectivity index (χ2v) is 4.94. The van der Waals surface area contributed by atoms with E-state index in [0.717, 1.165) is 4.90 Å². The van der Waals surface area contributed by atoms with Crippen LogP contribution in [0.2, 0.25) is 0 Å². The summed E-state index contributed by atoms with van der Waals surface area (Å²) < 4.78 is 17.5. The summed E-state index contributed by atoms with van der Waals surface area (Å²) in [4.78, 5) is 16.4. The van der Waals surface area contributed by atoms with E-state index in [1.165, 1.54) is 31.0 Å². The first-order valence-corrected chi connectivity index (χ1v) is 6.80. The van der Waals surface area contributed by atoms with Crippen molar-refractivity contribution in [2.45, 2.75) is 11.3 Å². The molecule has 2 aromatic rings. The summed E-state index contributed by atoms with van der Waals surface area (Å²) in [6.45, 7) is 0. The highest BCUT2D eigenvalue weighted by Crippen LogP contribution is 2.19. The largest absolute Gasteiger partial charge is 0.466 e. The molecule has 0 radical (unpaired) electrons. The van der Waals surface area contributed by atoms with Gasteiger partial charge in [0.15, 0.2) is 0 Å². The van der Waals surface area contributed by atoms with Gasteiger partial charge in [0.25, 0.3) is 0 Å². The van der Waals surface area contributed by atoms with E-state index in [0.29, 0.717) is 12.2 Å². The van der Waals surface area contributed by atoms with Crippen LogP contribution < -0.4 is 10.1 Å². The lowest BCUT2D eigenvalue weighted by Crippen LogP contribution is -2.13. The van der Waals surface area contributed by atoms with Gasteiger partial charge in [-0.3, -0.25) is 10.1 Å². The van der Waals surface area contributed by atoms with Crippen LogP contribution in [0.5, 0.6) is 6.01 Å². The third-order valence-electron chi connectivity index (χ3n) is 2.32. The maximum Gasteiger partial charge on any atom is 0.336 e. The van der Waals surface area contributed by atoms with Gasteiger partial charge in [-0.1, -0.05) is 0 Å². The van der Waals surface area contributed by atoms with Crippen molar-refractivity contribution in [3.8, 4) is 6.01 Å². The molecule has 2 N–H and O–H groups in total. The Morgan fingerprint density at radius 1 is 1.45 bits per heavy atom. The highest BCUT2D eigenvalue weighted by atomic mass is 32.2. The summed E-state index contributed by atoms with van der Waals surface area (Å²) in [5.41, 5.74) is 0. The minimum atomic E-state index is -0.272. The number of methoxy groups -OCH3 is 1. The summed E-state index contributed by atoms with van der Waals surface area (Å²) in [5, 5.41) is 8.82. The lowest BCUT2D eigenvalue weighted by atomic mass is 10.4. The molecule has 1 aromatic heterocycles. The zero-order valence-electron chi connectivity index (χ0n) is 10.7. The molecule has 0 aliphatic carbocycles. The van der Waals surface area contributed by atoms with Crippen molar-refractivity contribution < 1.29 is 13.9 Å². The number of H-pyrrole nitrogens is 1. The van der Waals surface area contributed by atoms with E-state index in [2.05, 4.69) is 20.5 Å². The normalized spacial score (nSPS) is 10.3. The van der Waals surface area contributed by atoms with Crippen LogP contribution >= 0.6 is 11.8 Å². The molecule has 0 saturated heterocycles. The molecule has 20 heavy (non-hydrogen) atoms. The number of hydrogen-bond acceptors (Lipinski definition) is 5. The number of nitrogens with one attached hydrogen (secondary N) is 2. The quantitative estimate of drug-likeness (QED) is 0.798. The van der Waals surface area contributed by atoms with Gasteiger partial charge in [0.05, 0.1) is 7.11 Å². The molecule has 0 spiro atoms. The van der Waals surface area contributed by atoms with Crippen molar-refractivity contribution in [2.75, 3.05) is 18.2 Å². The zero-order chi connectivity index (χ0) is 14.4. The Balaban J connectivity index is 1.73. The molecule has 0 fully saturated rings. The summed E-state index contributed by atoms with van der Waals surface area (Å²) in [5.74, 6) is 0.381. The molecule has 2 rings (SSSR count). The second-order valence-electron chi connectivity index (χ2n) is 3.77. The molecule has 0 bridgehead atoms. The van der Waals surface area contributed by atoms with Crippen LogP contribution in [0, 0.1) is 5.82 Å². The maximum absolute atomic E-state index is 12.7. The molecule has 0 aliphatic heterocycles. The number of carbonyl (C=O) groups excluding carboxylic acids is 1. The SMILES string of the molecule is COc1n[nH]c(NC(=O)CCSc2ccc(F)cc2)n1. The Hall–Kier alpha value is -2.09. The van der Waals surface area contributed by atoms with Crippen LogP contribution in [0.25, 0.3) is 0 Å². The molecule has 0 atom stereocenters. The van der Waals surface area contributed by atoms with Crippen LogP contribution in [0.3, 0.4) is 0 Å². The van der Waals surface area contributed by atoms with Crippen LogP contribution in [0.4, 0.5) is 10.3 Å². The van der Waals surface area contributed by atoms with E-state index in [9.17, 15) is 9.18 Å². The predicted octanol–water partition coefficient (Wildman–Crippen LogP) is 2.07. The molecule has 1 aromatic carbocycles. The van der Waals surface area contributed by atoms with Gasteiger partial charge in [0, 0.05) is 17.1 Å². The Morgan fingerprint density at radius 3 is 2.85 bits per heavy atom. The van der Waals surface area contributed by atoms with Crippen LogP contribution in [0.15, 0.2) is 29.2 Å². The number of rotatable bonds is 6. The minimum Gasteiger partial charge on any atom is -0.466 e. The fourth-order valence-electron chi connectivity index (χ4n) is 1.38. The van der Waals surface area contributed by atoms with Gasteiger partial charge < -0.3 is 4.74 Å². The third-order valence-corrected chi connectivity index (χ3v) is 3.33. The molecule has 1 heterocycles. The van der Waals surface area contributed by atoms with Gasteiger partial charge in [0.2, 0.25) is 11.9 Å². The number of thioether (sulfide) groups is 1. The molecule has 6 nitrogen and oxygen atoms in total. The molecule has 106 valence electrons. The van der Waals surface area contributed by atoms with Crippen LogP contribution in [0.1, 0.15) is 6.42 Å². The highest BCUT2D eigenvalue weighted by Gasteiger charge is 2.07. The lowest BCUT2D eigenvalue weighted by Gasteiger charge is -2.02. The molecular formula is C12H13FN4O2S. The van der Waals surface area contributed by atoms with Gasteiger partial charge in [-0.2, -0.15) is 4.98 Å². The Kier molecular flexibility index (Phi) is 4.94. The number of aromatic nitrogens is 3.